The molecule has 71 valence electrons. The van der Waals surface area contributed by atoms with Crippen LogP contribution in [0.15, 0.2) is 18.2 Å². The third kappa shape index (κ3) is 2.47. The van der Waals surface area contributed by atoms with Gasteiger partial charge in [0.05, 0.1) is 5.02 Å². The van der Waals surface area contributed by atoms with Crippen molar-refractivity contribution in [2.75, 3.05) is 0 Å². The zero-order valence-corrected chi connectivity index (χ0v) is 9.23. The molecule has 0 N–H and O–H groups in total. The zero-order valence-electron chi connectivity index (χ0n) is 8.47. The summed E-state index contributed by atoms with van der Waals surface area (Å²) < 4.78 is 0. The van der Waals surface area contributed by atoms with Gasteiger partial charge in [0.25, 0.3) is 0 Å². The van der Waals surface area contributed by atoms with Gasteiger partial charge in [-0.25, -0.2) is 0 Å². The Morgan fingerprint density at radius 2 is 2.15 bits per heavy atom. The molecule has 0 aromatic heterocycles. The lowest BCUT2D eigenvalue weighted by atomic mass is 9.87. The summed E-state index contributed by atoms with van der Waals surface area (Å²) in [5.74, 6) is 1.20. The Balaban J connectivity index is 2.88. The van der Waals surface area contributed by atoms with Gasteiger partial charge in [-0.1, -0.05) is 57.0 Å². The van der Waals surface area contributed by atoms with E-state index in [-0.39, 0.29) is 0 Å². The van der Waals surface area contributed by atoms with E-state index in [1.807, 2.05) is 12.1 Å². The van der Waals surface area contributed by atoms with Crippen LogP contribution in [0.5, 0.6) is 0 Å². The highest BCUT2D eigenvalue weighted by Gasteiger charge is 2.14. The molecule has 2 unspecified atom stereocenters. The minimum absolute atomic E-state index is 0.523. The highest BCUT2D eigenvalue weighted by Crippen LogP contribution is 2.30. The van der Waals surface area contributed by atoms with Crippen LogP contribution in [0.3, 0.4) is 0 Å². The number of rotatable bonds is 3. The first-order valence-corrected chi connectivity index (χ1v) is 5.20. The van der Waals surface area contributed by atoms with E-state index in [0.29, 0.717) is 11.8 Å². The van der Waals surface area contributed by atoms with Gasteiger partial charge in [0.15, 0.2) is 0 Å². The summed E-state index contributed by atoms with van der Waals surface area (Å²) in [6.45, 7) is 6.69. The maximum Gasteiger partial charge on any atom is 0.0519 e. The van der Waals surface area contributed by atoms with Crippen LogP contribution in [-0.4, -0.2) is 0 Å². The molecule has 0 nitrogen and oxygen atoms in total. The van der Waals surface area contributed by atoms with E-state index in [9.17, 15) is 0 Å². The maximum absolute atomic E-state index is 6.06. The van der Waals surface area contributed by atoms with Crippen LogP contribution in [0.2, 0.25) is 5.02 Å². The van der Waals surface area contributed by atoms with Crippen LogP contribution in [0.1, 0.15) is 38.7 Å². The molecule has 13 heavy (non-hydrogen) atoms. The molecule has 0 spiro atoms. The van der Waals surface area contributed by atoms with Crippen LogP contribution in [0.4, 0.5) is 0 Å². The topological polar surface area (TPSA) is 0 Å². The molecule has 0 aliphatic heterocycles. The van der Waals surface area contributed by atoms with E-state index in [1.165, 1.54) is 12.0 Å². The highest BCUT2D eigenvalue weighted by atomic mass is 35.5. The second kappa shape index (κ2) is 4.66. The Labute approximate surface area is 85.9 Å². The molecule has 0 fully saturated rings. The molecule has 0 saturated carbocycles. The normalized spacial score (nSPS) is 15.4. The molecule has 1 heteroatoms. The molecule has 1 radical (unpaired) electrons. The van der Waals surface area contributed by atoms with Gasteiger partial charge in [0, 0.05) is 6.07 Å². The van der Waals surface area contributed by atoms with Crippen LogP contribution in [0, 0.1) is 12.0 Å². The van der Waals surface area contributed by atoms with Gasteiger partial charge in [-0.2, -0.15) is 0 Å². The summed E-state index contributed by atoms with van der Waals surface area (Å²) >= 11 is 6.06. The van der Waals surface area contributed by atoms with Crippen LogP contribution in [0.25, 0.3) is 0 Å². The Morgan fingerprint density at radius 3 is 2.69 bits per heavy atom. The lowest BCUT2D eigenvalue weighted by Crippen LogP contribution is -2.05. The molecule has 2 atom stereocenters. The minimum Gasteiger partial charge on any atom is -0.0833 e. The van der Waals surface area contributed by atoms with Crippen LogP contribution < -0.4 is 0 Å². The minimum atomic E-state index is 0.523. The fourth-order valence-electron chi connectivity index (χ4n) is 1.44. The largest absolute Gasteiger partial charge is 0.0833 e. The van der Waals surface area contributed by atoms with Crippen LogP contribution >= 0.6 is 11.6 Å². The van der Waals surface area contributed by atoms with Crippen molar-refractivity contribution < 1.29 is 0 Å². The van der Waals surface area contributed by atoms with Gasteiger partial charge in [-0.3, -0.25) is 0 Å². The van der Waals surface area contributed by atoms with E-state index in [0.717, 1.165) is 5.02 Å². The van der Waals surface area contributed by atoms with Gasteiger partial charge >= 0.3 is 0 Å². The van der Waals surface area contributed by atoms with Crippen LogP contribution in [-0.2, 0) is 0 Å². The van der Waals surface area contributed by atoms with E-state index in [4.69, 9.17) is 11.6 Å². The Bertz CT molecular complexity index is 268. The van der Waals surface area contributed by atoms with Crippen molar-refractivity contribution in [2.45, 2.75) is 33.1 Å². The predicted octanol–water partition coefficient (Wildman–Crippen LogP) is 4.29. The van der Waals surface area contributed by atoms with Gasteiger partial charge in [-0.15, -0.1) is 0 Å². The molecule has 0 amide bonds. The quantitative estimate of drug-likeness (QED) is 0.675. The molecular formula is C12H16Cl. The molecule has 1 aromatic carbocycles. The lowest BCUT2D eigenvalue weighted by Gasteiger charge is -2.19. The van der Waals surface area contributed by atoms with E-state index in [2.05, 4.69) is 32.9 Å². The molecule has 0 saturated heterocycles. The van der Waals surface area contributed by atoms with E-state index in [1.54, 1.807) is 0 Å². The average Bonchev–Trinajstić information content (AvgIpc) is 2.16. The summed E-state index contributed by atoms with van der Waals surface area (Å²) in [6, 6.07) is 8.97. The second-order valence-corrected chi connectivity index (χ2v) is 3.99. The highest BCUT2D eigenvalue weighted by molar-refractivity contribution is 6.31. The summed E-state index contributed by atoms with van der Waals surface area (Å²) in [4.78, 5) is 0. The van der Waals surface area contributed by atoms with E-state index >= 15 is 0 Å². The number of hydrogen-bond donors (Lipinski definition) is 0. The molecule has 0 heterocycles. The van der Waals surface area contributed by atoms with Crippen molar-refractivity contribution in [3.05, 3.63) is 34.9 Å². The molecule has 1 aromatic rings. The van der Waals surface area contributed by atoms with Crippen molar-refractivity contribution in [1.82, 2.24) is 0 Å². The van der Waals surface area contributed by atoms with Gasteiger partial charge in [0.2, 0.25) is 0 Å². The predicted molar refractivity (Wildman–Crippen MR) is 58.2 cm³/mol. The molecule has 1 rings (SSSR count). The van der Waals surface area contributed by atoms with Crippen molar-refractivity contribution in [3.63, 3.8) is 0 Å². The third-order valence-electron chi connectivity index (χ3n) is 2.82. The first kappa shape index (κ1) is 10.6. The van der Waals surface area contributed by atoms with Crippen molar-refractivity contribution in [2.24, 2.45) is 5.92 Å². The molecular weight excluding hydrogens is 180 g/mol. The fourth-order valence-corrected chi connectivity index (χ4v) is 1.74. The average molecular weight is 196 g/mol. The summed E-state index contributed by atoms with van der Waals surface area (Å²) in [6.07, 6.45) is 1.19. The monoisotopic (exact) mass is 195 g/mol. The third-order valence-corrected chi connectivity index (χ3v) is 3.15. The summed E-state index contributed by atoms with van der Waals surface area (Å²) in [5.41, 5.74) is 1.22. The summed E-state index contributed by atoms with van der Waals surface area (Å²) in [5, 5.41) is 0.773. The zero-order chi connectivity index (χ0) is 9.84. The number of benzene rings is 1. The fraction of sp³-hybridized carbons (Fsp3) is 0.500. The van der Waals surface area contributed by atoms with Crippen molar-refractivity contribution in [1.29, 1.82) is 0 Å². The SMILES string of the molecule is CCC(C)C(C)c1ccc[c]c1Cl. The first-order chi connectivity index (χ1) is 6.16. The summed E-state index contributed by atoms with van der Waals surface area (Å²) in [7, 11) is 0. The van der Waals surface area contributed by atoms with Gasteiger partial charge in [-0.05, 0) is 17.4 Å². The molecule has 0 bridgehead atoms. The Morgan fingerprint density at radius 1 is 1.46 bits per heavy atom. The van der Waals surface area contributed by atoms with Crippen molar-refractivity contribution in [3.8, 4) is 0 Å². The molecule has 0 aliphatic carbocycles. The Hall–Kier alpha value is -0.490. The number of halogens is 1. The first-order valence-electron chi connectivity index (χ1n) is 4.83. The van der Waals surface area contributed by atoms with Crippen molar-refractivity contribution >= 4 is 11.6 Å². The standard InChI is InChI=1S/C12H16Cl/c1-4-9(2)10(3)11-7-5-6-8-12(11)13/h5-7,9-10H,4H2,1-3H3. The van der Waals surface area contributed by atoms with Gasteiger partial charge in [0.1, 0.15) is 0 Å². The maximum atomic E-state index is 6.06. The number of hydrogen-bond acceptors (Lipinski definition) is 0. The van der Waals surface area contributed by atoms with E-state index < -0.39 is 0 Å². The van der Waals surface area contributed by atoms with Gasteiger partial charge < -0.3 is 0 Å². The smallest absolute Gasteiger partial charge is 0.0519 e. The second-order valence-electron chi connectivity index (χ2n) is 3.61. The molecule has 0 aliphatic rings. The Kier molecular flexibility index (Phi) is 3.80. The lowest BCUT2D eigenvalue weighted by molar-refractivity contribution is 0.473.